The summed E-state index contributed by atoms with van der Waals surface area (Å²) in [5.41, 5.74) is 1.67. The number of nitrogens with zero attached hydrogens (tertiary/aromatic N) is 3. The van der Waals surface area contributed by atoms with Crippen LogP contribution in [-0.2, 0) is 11.8 Å². The molecule has 1 atom stereocenters. The van der Waals surface area contributed by atoms with Crippen LogP contribution in [0.2, 0.25) is 0 Å². The van der Waals surface area contributed by atoms with Crippen molar-refractivity contribution >= 4 is 11.6 Å². The summed E-state index contributed by atoms with van der Waals surface area (Å²) in [6, 6.07) is 1.83. The number of aryl methyl sites for hydroxylation is 1. The fourth-order valence-corrected chi connectivity index (χ4v) is 2.54. The van der Waals surface area contributed by atoms with Gasteiger partial charge in [-0.25, -0.2) is 4.98 Å². The van der Waals surface area contributed by atoms with Gasteiger partial charge in [0.05, 0.1) is 6.07 Å². The zero-order chi connectivity index (χ0) is 14.7. The number of allylic oxidation sites excluding steroid dienone is 2. The van der Waals surface area contributed by atoms with E-state index in [9.17, 15) is 14.9 Å². The number of carbonyl (C=O) groups excluding carboxylic acids is 2. The van der Waals surface area contributed by atoms with Gasteiger partial charge in [0.25, 0.3) is 0 Å². The van der Waals surface area contributed by atoms with Gasteiger partial charge in [-0.05, 0) is 38.2 Å². The van der Waals surface area contributed by atoms with E-state index in [1.807, 2.05) is 6.07 Å². The number of nitriles is 1. The van der Waals surface area contributed by atoms with Crippen LogP contribution in [0.25, 0.3) is 0 Å². The molecule has 0 aromatic carbocycles. The smallest absolute Gasteiger partial charge is 0.223 e. The Morgan fingerprint density at radius 1 is 1.40 bits per heavy atom. The lowest BCUT2D eigenvalue weighted by Crippen LogP contribution is -2.26. The normalized spacial score (nSPS) is 15.8. The number of ketones is 2. The van der Waals surface area contributed by atoms with Crippen LogP contribution in [0.3, 0.4) is 0 Å². The number of imidazole rings is 1. The van der Waals surface area contributed by atoms with E-state index < -0.39 is 11.7 Å². The Bertz CT molecular complexity index is 611. The monoisotopic (exact) mass is 271 g/mol. The number of hydrogen-bond acceptors (Lipinski definition) is 4. The van der Waals surface area contributed by atoms with E-state index in [0.717, 1.165) is 31.3 Å². The maximum Gasteiger partial charge on any atom is 0.223 e. The Morgan fingerprint density at radius 2 is 2.05 bits per heavy atom. The molecule has 0 saturated heterocycles. The fraction of sp³-hybridized carbons (Fsp3) is 0.467. The first-order valence-corrected chi connectivity index (χ1v) is 6.70. The van der Waals surface area contributed by atoms with Gasteiger partial charge in [-0.2, -0.15) is 5.26 Å². The van der Waals surface area contributed by atoms with Crippen molar-refractivity contribution in [1.29, 1.82) is 5.26 Å². The predicted octanol–water partition coefficient (Wildman–Crippen LogP) is 2.20. The van der Waals surface area contributed by atoms with Gasteiger partial charge in [0.1, 0.15) is 0 Å². The van der Waals surface area contributed by atoms with Gasteiger partial charge in [-0.15, -0.1) is 0 Å². The number of carbonyl (C=O) groups is 2. The molecule has 1 aromatic rings. The molecule has 1 unspecified atom stereocenters. The summed E-state index contributed by atoms with van der Waals surface area (Å²) in [4.78, 5) is 28.6. The van der Waals surface area contributed by atoms with Crippen molar-refractivity contribution in [3.63, 3.8) is 0 Å². The second-order valence-corrected chi connectivity index (χ2v) is 5.09. The third kappa shape index (κ3) is 2.55. The van der Waals surface area contributed by atoms with Gasteiger partial charge >= 0.3 is 0 Å². The second kappa shape index (κ2) is 5.83. The summed E-state index contributed by atoms with van der Waals surface area (Å²) < 4.78 is 1.53. The lowest BCUT2D eigenvalue weighted by Gasteiger charge is -2.10. The van der Waals surface area contributed by atoms with Crippen molar-refractivity contribution in [1.82, 2.24) is 9.55 Å². The van der Waals surface area contributed by atoms with Gasteiger partial charge in [-0.1, -0.05) is 5.57 Å². The molecule has 1 saturated carbocycles. The van der Waals surface area contributed by atoms with Crippen molar-refractivity contribution in [2.24, 2.45) is 13.0 Å². The number of Topliss-reactive ketones (excluding diaryl/α,β-unsaturated/α-hetero) is 2. The van der Waals surface area contributed by atoms with Gasteiger partial charge < -0.3 is 4.57 Å². The highest BCUT2D eigenvalue weighted by molar-refractivity contribution is 6.16. The molecule has 0 aliphatic heterocycles. The van der Waals surface area contributed by atoms with Crippen LogP contribution in [0.5, 0.6) is 0 Å². The maximum absolute atomic E-state index is 12.4. The summed E-state index contributed by atoms with van der Waals surface area (Å²) in [6.07, 6.45) is 7.04. The van der Waals surface area contributed by atoms with E-state index >= 15 is 0 Å². The zero-order valence-corrected chi connectivity index (χ0v) is 11.7. The molecule has 1 aromatic heterocycles. The minimum atomic E-state index is -1.29. The van der Waals surface area contributed by atoms with Gasteiger partial charge in [-0.3, -0.25) is 9.59 Å². The summed E-state index contributed by atoms with van der Waals surface area (Å²) >= 11 is 0. The largest absolute Gasteiger partial charge is 0.332 e. The van der Waals surface area contributed by atoms with Crippen molar-refractivity contribution < 1.29 is 9.59 Å². The van der Waals surface area contributed by atoms with E-state index in [-0.39, 0.29) is 11.6 Å². The minimum absolute atomic E-state index is 0.147. The molecule has 1 aliphatic rings. The summed E-state index contributed by atoms with van der Waals surface area (Å²) in [5, 5.41) is 9.20. The summed E-state index contributed by atoms with van der Waals surface area (Å²) in [6.45, 7) is 1.72. The first-order valence-electron chi connectivity index (χ1n) is 6.70. The van der Waals surface area contributed by atoms with E-state index in [2.05, 4.69) is 4.98 Å². The predicted molar refractivity (Wildman–Crippen MR) is 72.8 cm³/mol. The van der Waals surface area contributed by atoms with Gasteiger partial charge in [0.2, 0.25) is 5.78 Å². The highest BCUT2D eigenvalue weighted by Crippen LogP contribution is 2.28. The molecular weight excluding hydrogens is 254 g/mol. The lowest BCUT2D eigenvalue weighted by molar-refractivity contribution is -0.116. The molecule has 0 N–H and O–H groups in total. The van der Waals surface area contributed by atoms with Crippen LogP contribution in [0.1, 0.15) is 43.2 Å². The molecule has 0 spiro atoms. The van der Waals surface area contributed by atoms with Crippen LogP contribution in [0.4, 0.5) is 0 Å². The van der Waals surface area contributed by atoms with Crippen LogP contribution in [0.15, 0.2) is 23.5 Å². The van der Waals surface area contributed by atoms with Crippen molar-refractivity contribution in [2.75, 3.05) is 0 Å². The van der Waals surface area contributed by atoms with Crippen LogP contribution < -0.4 is 0 Å². The average Bonchev–Trinajstić information content (AvgIpc) is 3.09. The third-order valence-corrected chi connectivity index (χ3v) is 3.80. The average molecular weight is 271 g/mol. The first kappa shape index (κ1) is 14.2. The van der Waals surface area contributed by atoms with E-state index in [1.165, 1.54) is 10.8 Å². The fourth-order valence-electron chi connectivity index (χ4n) is 2.54. The Hall–Kier alpha value is -2.22. The van der Waals surface area contributed by atoms with Crippen LogP contribution in [0, 0.1) is 17.2 Å². The van der Waals surface area contributed by atoms with E-state index in [1.54, 1.807) is 20.2 Å². The summed E-state index contributed by atoms with van der Waals surface area (Å²) in [7, 11) is 1.67. The molecule has 104 valence electrons. The molecule has 5 heteroatoms. The number of aromatic nitrogens is 2. The highest BCUT2D eigenvalue weighted by Gasteiger charge is 2.32. The lowest BCUT2D eigenvalue weighted by atomic mass is 9.92. The standard InChI is InChI=1S/C15H17N3O2/c1-10(11-5-3-4-6-11)13(19)12(9-16)14(20)15-17-7-8-18(15)2/h7-8,12H,3-6H2,1-2H3. The Balaban J connectivity index is 2.27. The molecule has 1 aliphatic carbocycles. The molecular formula is C15H17N3O2. The Kier molecular flexibility index (Phi) is 4.14. The van der Waals surface area contributed by atoms with Crippen molar-refractivity contribution in [3.05, 3.63) is 29.4 Å². The zero-order valence-electron chi connectivity index (χ0n) is 11.7. The molecule has 0 radical (unpaired) electrons. The first-order chi connectivity index (χ1) is 9.56. The molecule has 0 amide bonds. The third-order valence-electron chi connectivity index (χ3n) is 3.80. The van der Waals surface area contributed by atoms with Crippen molar-refractivity contribution in [2.45, 2.75) is 32.6 Å². The second-order valence-electron chi connectivity index (χ2n) is 5.09. The quantitative estimate of drug-likeness (QED) is 0.478. The number of rotatable bonds is 4. The van der Waals surface area contributed by atoms with E-state index in [4.69, 9.17) is 0 Å². The molecule has 1 heterocycles. The van der Waals surface area contributed by atoms with Crippen molar-refractivity contribution in [3.8, 4) is 6.07 Å². The molecule has 5 nitrogen and oxygen atoms in total. The molecule has 20 heavy (non-hydrogen) atoms. The highest BCUT2D eigenvalue weighted by atomic mass is 16.2. The maximum atomic E-state index is 12.4. The van der Waals surface area contributed by atoms with Crippen LogP contribution in [-0.4, -0.2) is 21.1 Å². The van der Waals surface area contributed by atoms with E-state index in [0.29, 0.717) is 5.57 Å². The topological polar surface area (TPSA) is 75.8 Å². The summed E-state index contributed by atoms with van der Waals surface area (Å²) in [5.74, 6) is -2.04. The van der Waals surface area contributed by atoms with Gasteiger partial charge in [0, 0.05) is 19.4 Å². The van der Waals surface area contributed by atoms with Crippen LogP contribution >= 0.6 is 0 Å². The Labute approximate surface area is 117 Å². The molecule has 0 bridgehead atoms. The molecule has 1 fully saturated rings. The SMILES string of the molecule is CC(C(=O)C(C#N)C(=O)c1nccn1C)=C1CCCC1. The minimum Gasteiger partial charge on any atom is -0.332 e. The number of hydrogen-bond donors (Lipinski definition) is 0. The Morgan fingerprint density at radius 3 is 2.55 bits per heavy atom. The van der Waals surface area contributed by atoms with Gasteiger partial charge in [0.15, 0.2) is 17.5 Å². The molecule has 2 rings (SSSR count).